The Morgan fingerprint density at radius 3 is 2.41 bits per heavy atom. The quantitative estimate of drug-likeness (QED) is 0.742. The van der Waals surface area contributed by atoms with Gasteiger partial charge in [-0.25, -0.2) is 0 Å². The van der Waals surface area contributed by atoms with E-state index < -0.39 is 0 Å². The lowest BCUT2D eigenvalue weighted by molar-refractivity contribution is 0.0735. The minimum atomic E-state index is 0.127. The van der Waals surface area contributed by atoms with Crippen LogP contribution in [0.3, 0.4) is 0 Å². The monoisotopic (exact) mass is 252 g/mol. The molecule has 0 saturated carbocycles. The Morgan fingerprint density at radius 2 is 1.94 bits per heavy atom. The molecule has 94 valence electrons. The molecule has 2 atom stereocenters. The van der Waals surface area contributed by atoms with E-state index in [0.29, 0.717) is 5.88 Å². The second-order valence-electron chi connectivity index (χ2n) is 5.43. The maximum Gasteiger partial charge on any atom is 0.0618 e. The molecule has 0 bridgehead atoms. The Kier molecular flexibility index (Phi) is 3.79. The van der Waals surface area contributed by atoms with E-state index in [0.717, 1.165) is 19.4 Å². The zero-order valence-corrected chi connectivity index (χ0v) is 11.7. The van der Waals surface area contributed by atoms with Crippen LogP contribution in [0.1, 0.15) is 30.0 Å². The van der Waals surface area contributed by atoms with Crippen LogP contribution < -0.4 is 0 Å². The summed E-state index contributed by atoms with van der Waals surface area (Å²) in [5, 5.41) is 0. The lowest BCUT2D eigenvalue weighted by Crippen LogP contribution is -2.33. The number of rotatable bonds is 3. The predicted octanol–water partition coefficient (Wildman–Crippen LogP) is 3.88. The van der Waals surface area contributed by atoms with Gasteiger partial charge in [-0.3, -0.25) is 0 Å². The molecule has 1 aliphatic rings. The normalized spacial score (nSPS) is 28.6. The first kappa shape index (κ1) is 12.9. The topological polar surface area (TPSA) is 9.23 Å². The van der Waals surface area contributed by atoms with Crippen LogP contribution >= 0.6 is 11.6 Å². The molecular weight excluding hydrogens is 232 g/mol. The predicted molar refractivity (Wildman–Crippen MR) is 72.8 cm³/mol. The molecule has 2 unspecified atom stereocenters. The number of ether oxygens (including phenoxy) is 1. The zero-order chi connectivity index (χ0) is 12.5. The maximum atomic E-state index is 6.21. The van der Waals surface area contributed by atoms with Crippen molar-refractivity contribution in [1.82, 2.24) is 0 Å². The zero-order valence-electron chi connectivity index (χ0n) is 10.9. The summed E-state index contributed by atoms with van der Waals surface area (Å²) in [7, 11) is 0. The highest BCUT2D eigenvalue weighted by Gasteiger charge is 2.40. The molecule has 2 rings (SSSR count). The highest BCUT2D eigenvalue weighted by atomic mass is 35.5. The van der Waals surface area contributed by atoms with Crippen LogP contribution in [0.4, 0.5) is 0 Å². The SMILES string of the molecule is Cc1cc(C)cc(CC2(CCl)CCOC2C)c1. The highest BCUT2D eigenvalue weighted by Crippen LogP contribution is 2.39. The van der Waals surface area contributed by atoms with Crippen LogP contribution in [0.2, 0.25) is 0 Å². The van der Waals surface area contributed by atoms with E-state index in [1.54, 1.807) is 0 Å². The fourth-order valence-corrected chi connectivity index (χ4v) is 3.30. The minimum absolute atomic E-state index is 0.127. The summed E-state index contributed by atoms with van der Waals surface area (Å²) in [6, 6.07) is 6.75. The fraction of sp³-hybridized carbons (Fsp3) is 0.600. The number of hydrogen-bond donors (Lipinski definition) is 0. The number of alkyl halides is 1. The van der Waals surface area contributed by atoms with E-state index in [2.05, 4.69) is 39.0 Å². The molecule has 1 fully saturated rings. The van der Waals surface area contributed by atoms with Crippen molar-refractivity contribution in [2.24, 2.45) is 5.41 Å². The Morgan fingerprint density at radius 1 is 1.29 bits per heavy atom. The van der Waals surface area contributed by atoms with Gasteiger partial charge in [0.05, 0.1) is 6.10 Å². The van der Waals surface area contributed by atoms with E-state index in [1.807, 2.05) is 0 Å². The van der Waals surface area contributed by atoms with Crippen molar-refractivity contribution in [3.63, 3.8) is 0 Å². The number of aryl methyl sites for hydroxylation is 2. The molecule has 2 heteroatoms. The van der Waals surface area contributed by atoms with Crippen molar-refractivity contribution in [1.29, 1.82) is 0 Å². The second kappa shape index (κ2) is 4.99. The third kappa shape index (κ3) is 2.66. The maximum absolute atomic E-state index is 6.21. The largest absolute Gasteiger partial charge is 0.378 e. The summed E-state index contributed by atoms with van der Waals surface area (Å²) in [6.45, 7) is 7.30. The summed E-state index contributed by atoms with van der Waals surface area (Å²) in [5.74, 6) is 0.682. The van der Waals surface area contributed by atoms with Crippen LogP contribution in [0, 0.1) is 19.3 Å². The summed E-state index contributed by atoms with van der Waals surface area (Å²) in [5.41, 5.74) is 4.18. The summed E-state index contributed by atoms with van der Waals surface area (Å²) in [6.07, 6.45) is 2.37. The average molecular weight is 253 g/mol. The number of halogens is 1. The Balaban J connectivity index is 2.24. The van der Waals surface area contributed by atoms with E-state index in [9.17, 15) is 0 Å². The molecule has 1 heterocycles. The van der Waals surface area contributed by atoms with E-state index in [-0.39, 0.29) is 11.5 Å². The van der Waals surface area contributed by atoms with E-state index in [4.69, 9.17) is 16.3 Å². The Hall–Kier alpha value is -0.530. The molecule has 17 heavy (non-hydrogen) atoms. The Labute approximate surface area is 109 Å². The van der Waals surface area contributed by atoms with Crippen LogP contribution in [0.15, 0.2) is 18.2 Å². The third-order valence-corrected chi connectivity index (χ3v) is 4.47. The van der Waals surface area contributed by atoms with Crippen molar-refractivity contribution in [2.45, 2.75) is 39.7 Å². The van der Waals surface area contributed by atoms with Crippen molar-refractivity contribution in [3.8, 4) is 0 Å². The highest BCUT2D eigenvalue weighted by molar-refractivity contribution is 6.18. The molecule has 0 N–H and O–H groups in total. The molecule has 0 radical (unpaired) electrons. The van der Waals surface area contributed by atoms with Crippen molar-refractivity contribution < 1.29 is 4.74 Å². The van der Waals surface area contributed by atoms with Gasteiger partial charge in [0.15, 0.2) is 0 Å². The lowest BCUT2D eigenvalue weighted by Gasteiger charge is -2.30. The van der Waals surface area contributed by atoms with Gasteiger partial charge in [-0.05, 0) is 39.2 Å². The van der Waals surface area contributed by atoms with Gasteiger partial charge >= 0.3 is 0 Å². The average Bonchev–Trinajstić information content (AvgIpc) is 2.59. The second-order valence-corrected chi connectivity index (χ2v) is 5.70. The van der Waals surface area contributed by atoms with Gasteiger partial charge in [0, 0.05) is 17.9 Å². The Bertz CT molecular complexity index is 382. The van der Waals surface area contributed by atoms with Crippen molar-refractivity contribution >= 4 is 11.6 Å². The molecule has 0 spiro atoms. The molecular formula is C15H21ClO. The van der Waals surface area contributed by atoms with Crippen LogP contribution in [-0.2, 0) is 11.2 Å². The van der Waals surface area contributed by atoms with Crippen LogP contribution in [0.5, 0.6) is 0 Å². The molecule has 1 aromatic carbocycles. The fourth-order valence-electron chi connectivity index (χ4n) is 2.85. The summed E-state index contributed by atoms with van der Waals surface area (Å²) < 4.78 is 5.71. The number of hydrogen-bond acceptors (Lipinski definition) is 1. The van der Waals surface area contributed by atoms with Crippen LogP contribution in [-0.4, -0.2) is 18.6 Å². The van der Waals surface area contributed by atoms with Gasteiger partial charge in [-0.15, -0.1) is 11.6 Å². The van der Waals surface area contributed by atoms with Gasteiger partial charge < -0.3 is 4.74 Å². The molecule has 0 amide bonds. The third-order valence-electron chi connectivity index (χ3n) is 3.93. The number of benzene rings is 1. The van der Waals surface area contributed by atoms with Crippen molar-refractivity contribution in [3.05, 3.63) is 34.9 Å². The standard InChI is InChI=1S/C15H21ClO/c1-11-6-12(2)8-14(7-11)9-15(10-16)4-5-17-13(15)3/h6-8,13H,4-5,9-10H2,1-3H3. The smallest absolute Gasteiger partial charge is 0.0618 e. The molecule has 0 aliphatic carbocycles. The molecule has 1 saturated heterocycles. The summed E-state index contributed by atoms with van der Waals surface area (Å²) >= 11 is 6.21. The molecule has 1 nitrogen and oxygen atoms in total. The van der Waals surface area contributed by atoms with Gasteiger partial charge in [0.25, 0.3) is 0 Å². The minimum Gasteiger partial charge on any atom is -0.378 e. The van der Waals surface area contributed by atoms with E-state index >= 15 is 0 Å². The lowest BCUT2D eigenvalue weighted by atomic mass is 9.77. The first-order chi connectivity index (χ1) is 8.05. The summed E-state index contributed by atoms with van der Waals surface area (Å²) in [4.78, 5) is 0. The van der Waals surface area contributed by atoms with Gasteiger partial charge in [0.2, 0.25) is 0 Å². The van der Waals surface area contributed by atoms with Crippen LogP contribution in [0.25, 0.3) is 0 Å². The first-order valence-electron chi connectivity index (χ1n) is 6.30. The van der Waals surface area contributed by atoms with Crippen molar-refractivity contribution in [2.75, 3.05) is 12.5 Å². The van der Waals surface area contributed by atoms with E-state index in [1.165, 1.54) is 16.7 Å². The molecule has 1 aromatic rings. The molecule has 0 aromatic heterocycles. The molecule has 1 aliphatic heterocycles. The van der Waals surface area contributed by atoms with Gasteiger partial charge in [-0.1, -0.05) is 29.3 Å². The first-order valence-corrected chi connectivity index (χ1v) is 6.84. The van der Waals surface area contributed by atoms with Gasteiger partial charge in [0.1, 0.15) is 0 Å². The van der Waals surface area contributed by atoms with Gasteiger partial charge in [-0.2, -0.15) is 0 Å².